The van der Waals surface area contributed by atoms with Gasteiger partial charge in [0.15, 0.2) is 0 Å². The van der Waals surface area contributed by atoms with Crippen LogP contribution in [0.15, 0.2) is 41.4 Å². The van der Waals surface area contributed by atoms with E-state index < -0.39 is 0 Å². The third kappa shape index (κ3) is 2.44. The summed E-state index contributed by atoms with van der Waals surface area (Å²) in [6, 6.07) is 8.41. The van der Waals surface area contributed by atoms with Crippen molar-refractivity contribution in [1.29, 1.82) is 0 Å². The van der Waals surface area contributed by atoms with Gasteiger partial charge in [-0.3, -0.25) is 4.99 Å². The maximum absolute atomic E-state index is 4.15. The third-order valence-electron chi connectivity index (χ3n) is 3.05. The van der Waals surface area contributed by atoms with E-state index in [9.17, 15) is 0 Å². The number of benzene rings is 1. The highest BCUT2D eigenvalue weighted by Gasteiger charge is 2.03. The Labute approximate surface area is 102 Å². The van der Waals surface area contributed by atoms with Crippen molar-refractivity contribution in [2.24, 2.45) is 4.99 Å². The molecule has 0 unspecified atom stereocenters. The summed E-state index contributed by atoms with van der Waals surface area (Å²) in [4.78, 5) is 4.15. The molecule has 0 aliphatic carbocycles. The fourth-order valence-corrected chi connectivity index (χ4v) is 1.95. The lowest BCUT2D eigenvalue weighted by molar-refractivity contribution is 1.18. The average molecular weight is 223 g/mol. The molecule has 0 atom stereocenters. The molecule has 0 fully saturated rings. The Morgan fingerprint density at radius 2 is 2.06 bits per heavy atom. The van der Waals surface area contributed by atoms with E-state index in [1.807, 2.05) is 0 Å². The average Bonchev–Trinajstić information content (AvgIpc) is 2.91. The molecule has 2 rings (SSSR count). The van der Waals surface area contributed by atoms with Crippen molar-refractivity contribution in [3.63, 3.8) is 0 Å². The van der Waals surface area contributed by atoms with Gasteiger partial charge in [0.1, 0.15) is 0 Å². The fourth-order valence-electron chi connectivity index (χ4n) is 1.95. The Morgan fingerprint density at radius 3 is 2.65 bits per heavy atom. The van der Waals surface area contributed by atoms with Crippen LogP contribution in [0.2, 0.25) is 0 Å². The van der Waals surface area contributed by atoms with Crippen molar-refractivity contribution in [2.75, 3.05) is 7.05 Å². The quantitative estimate of drug-likeness (QED) is 0.745. The monoisotopic (exact) mass is 223 g/mol. The van der Waals surface area contributed by atoms with Crippen LogP contribution in [-0.4, -0.2) is 7.05 Å². The molecule has 0 aliphatic heterocycles. The number of hydrogen-bond donors (Lipinski definition) is 0. The molecule has 0 aromatic heterocycles. The zero-order chi connectivity index (χ0) is 12.4. The van der Waals surface area contributed by atoms with Gasteiger partial charge in [-0.2, -0.15) is 0 Å². The molecule has 0 heterocycles. The first-order valence-corrected chi connectivity index (χ1v) is 5.74. The second kappa shape index (κ2) is 4.54. The number of rotatable bonds is 3. The van der Waals surface area contributed by atoms with Crippen LogP contribution in [0, 0.1) is 6.92 Å². The van der Waals surface area contributed by atoms with Gasteiger partial charge < -0.3 is 0 Å². The largest absolute Gasteiger partial charge is 0.287 e. The maximum atomic E-state index is 4.15. The highest BCUT2D eigenvalue weighted by atomic mass is 14.7. The highest BCUT2D eigenvalue weighted by molar-refractivity contribution is 5.50. The van der Waals surface area contributed by atoms with E-state index >= 15 is 0 Å². The van der Waals surface area contributed by atoms with Gasteiger partial charge in [-0.15, -0.1) is 0 Å². The second-order valence-corrected chi connectivity index (χ2v) is 4.37. The van der Waals surface area contributed by atoms with Gasteiger partial charge in [0, 0.05) is 17.5 Å². The van der Waals surface area contributed by atoms with E-state index in [4.69, 9.17) is 0 Å². The summed E-state index contributed by atoms with van der Waals surface area (Å²) >= 11 is 0. The molecule has 0 N–H and O–H groups in total. The molecular weight excluding hydrogens is 206 g/mol. The molecule has 0 saturated heterocycles. The van der Waals surface area contributed by atoms with Gasteiger partial charge in [-0.1, -0.05) is 43.0 Å². The zero-order valence-electron chi connectivity index (χ0n) is 10.5. The molecular formula is C16H17N. The molecule has 0 aliphatic rings. The van der Waals surface area contributed by atoms with Gasteiger partial charge in [-0.25, -0.2) is 0 Å². The molecule has 86 valence electrons. The van der Waals surface area contributed by atoms with Crippen LogP contribution >= 0.6 is 0 Å². The predicted molar refractivity (Wildman–Crippen MR) is 73.6 cm³/mol. The van der Waals surface area contributed by atoms with E-state index in [0.29, 0.717) is 0 Å². The first kappa shape index (κ1) is 11.6. The molecule has 1 heteroatoms. The molecule has 1 nitrogen and oxygen atoms in total. The second-order valence-electron chi connectivity index (χ2n) is 4.37. The summed E-state index contributed by atoms with van der Waals surface area (Å²) in [5, 5.41) is 3.25. The number of nitrogens with zero attached hydrogens (tertiary/aromatic N) is 1. The van der Waals surface area contributed by atoms with Crippen molar-refractivity contribution in [3.05, 3.63) is 63.3 Å². The Morgan fingerprint density at radius 1 is 1.35 bits per heavy atom. The zero-order valence-corrected chi connectivity index (χ0v) is 10.5. The Kier molecular flexibility index (Phi) is 3.10. The first-order chi connectivity index (χ1) is 8.13. The highest BCUT2D eigenvalue weighted by Crippen LogP contribution is 2.12. The normalized spacial score (nSPS) is 13.5. The van der Waals surface area contributed by atoms with Crippen molar-refractivity contribution in [3.8, 4) is 0 Å². The van der Waals surface area contributed by atoms with Gasteiger partial charge in [-0.05, 0) is 30.5 Å². The Hall–Kier alpha value is -1.89. The van der Waals surface area contributed by atoms with Crippen LogP contribution in [0.25, 0.3) is 12.7 Å². The topological polar surface area (TPSA) is 12.4 Å². The smallest absolute Gasteiger partial charge is 0.0723 e. The molecule has 0 spiro atoms. The molecule has 0 amide bonds. The first-order valence-electron chi connectivity index (χ1n) is 5.74. The standard InChI is InChI=1S/C16H17N/c1-11(10-15-13(3)16(15)17-4)9-14-8-6-5-7-12(14)2/h5-8,10H,1,3,9H2,2,4H3/b15-10-,17-16?. The van der Waals surface area contributed by atoms with Crippen LogP contribution in [0.3, 0.4) is 0 Å². The molecule has 2 aromatic carbocycles. The SMILES string of the molecule is C=C(/C=c1/c(=C)c1=NC)Cc1ccccc1C. The van der Waals surface area contributed by atoms with Crippen LogP contribution in [0.4, 0.5) is 0 Å². The summed E-state index contributed by atoms with van der Waals surface area (Å²) in [7, 11) is 1.80. The van der Waals surface area contributed by atoms with Gasteiger partial charge >= 0.3 is 0 Å². The predicted octanol–water partition coefficient (Wildman–Crippen LogP) is 1.39. The van der Waals surface area contributed by atoms with Gasteiger partial charge in [0.05, 0.1) is 5.36 Å². The third-order valence-corrected chi connectivity index (χ3v) is 3.05. The Bertz CT molecular complexity index is 679. The number of aryl methyl sites for hydroxylation is 1. The van der Waals surface area contributed by atoms with E-state index in [1.165, 1.54) is 11.1 Å². The lowest BCUT2D eigenvalue weighted by Gasteiger charge is -2.04. The van der Waals surface area contributed by atoms with E-state index in [1.54, 1.807) is 7.05 Å². The van der Waals surface area contributed by atoms with Crippen LogP contribution < -0.4 is 15.8 Å². The summed E-state index contributed by atoms with van der Waals surface area (Å²) in [5.74, 6) is 0. The molecule has 0 bridgehead atoms. The van der Waals surface area contributed by atoms with E-state index in [-0.39, 0.29) is 0 Å². The van der Waals surface area contributed by atoms with Crippen molar-refractivity contribution in [2.45, 2.75) is 13.3 Å². The van der Waals surface area contributed by atoms with Crippen LogP contribution in [0.1, 0.15) is 11.1 Å². The summed E-state index contributed by atoms with van der Waals surface area (Å²) in [6.07, 6.45) is 2.98. The molecule has 0 radical (unpaired) electrons. The Balaban J connectivity index is 2.20. The number of hydrogen-bond acceptors (Lipinski definition) is 1. The van der Waals surface area contributed by atoms with Gasteiger partial charge in [0.2, 0.25) is 0 Å². The summed E-state index contributed by atoms with van der Waals surface area (Å²) in [5.41, 5.74) is 3.75. The lowest BCUT2D eigenvalue weighted by atomic mass is 10.0. The summed E-state index contributed by atoms with van der Waals surface area (Å²) < 4.78 is 0. The van der Waals surface area contributed by atoms with E-state index in [0.717, 1.165) is 27.8 Å². The van der Waals surface area contributed by atoms with Crippen molar-refractivity contribution >= 4 is 12.7 Å². The summed E-state index contributed by atoms with van der Waals surface area (Å²) in [6.45, 7) is 10.2. The van der Waals surface area contributed by atoms with Crippen LogP contribution in [-0.2, 0) is 6.42 Å². The number of allylic oxidation sites excluding steroid dienone is 1. The fraction of sp³-hybridized carbons (Fsp3) is 0.188. The molecule has 0 saturated carbocycles. The minimum Gasteiger partial charge on any atom is -0.287 e. The maximum Gasteiger partial charge on any atom is 0.0723 e. The minimum absolute atomic E-state index is 0.889. The molecule has 17 heavy (non-hydrogen) atoms. The van der Waals surface area contributed by atoms with Crippen molar-refractivity contribution in [1.82, 2.24) is 0 Å². The lowest BCUT2D eigenvalue weighted by Crippen LogP contribution is -1.99. The van der Waals surface area contributed by atoms with Crippen LogP contribution in [0.5, 0.6) is 0 Å². The minimum atomic E-state index is 0.889. The van der Waals surface area contributed by atoms with Crippen molar-refractivity contribution < 1.29 is 0 Å². The van der Waals surface area contributed by atoms with E-state index in [2.05, 4.69) is 55.4 Å². The van der Waals surface area contributed by atoms with Gasteiger partial charge in [0.25, 0.3) is 0 Å². The molecule has 2 aromatic rings.